The van der Waals surface area contributed by atoms with Crippen LogP contribution >= 0.6 is 12.2 Å². The van der Waals surface area contributed by atoms with E-state index in [1.54, 1.807) is 16.8 Å². The zero-order chi connectivity index (χ0) is 14.0. The fourth-order valence-electron chi connectivity index (χ4n) is 1.89. The quantitative estimate of drug-likeness (QED) is 0.862. The number of aromatic nitrogens is 2. The van der Waals surface area contributed by atoms with Gasteiger partial charge in [0.1, 0.15) is 4.99 Å². The third-order valence-corrected chi connectivity index (χ3v) is 3.30. The second-order valence-corrected chi connectivity index (χ2v) is 4.85. The fraction of sp³-hybridized carbons (Fsp3) is 0.214. The van der Waals surface area contributed by atoms with Crippen LogP contribution in [0.15, 0.2) is 35.3 Å². The van der Waals surface area contributed by atoms with Crippen LogP contribution in [0.3, 0.4) is 0 Å². The molecule has 2 N–H and O–H groups in total. The lowest BCUT2D eigenvalue weighted by Crippen LogP contribution is -2.30. The summed E-state index contributed by atoms with van der Waals surface area (Å²) in [5.41, 5.74) is 8.54. The summed E-state index contributed by atoms with van der Waals surface area (Å²) >= 11 is 4.89. The number of rotatable bonds is 3. The van der Waals surface area contributed by atoms with Gasteiger partial charge >= 0.3 is 0 Å². The van der Waals surface area contributed by atoms with Crippen LogP contribution in [0, 0.1) is 13.8 Å². The molecule has 5 heteroatoms. The first-order valence-corrected chi connectivity index (χ1v) is 6.32. The Labute approximate surface area is 116 Å². The largest absolute Gasteiger partial charge is 0.389 e. The fourth-order valence-corrected chi connectivity index (χ4v) is 2.04. The highest BCUT2D eigenvalue weighted by atomic mass is 32.1. The Morgan fingerprint density at radius 1 is 1.37 bits per heavy atom. The van der Waals surface area contributed by atoms with E-state index >= 15 is 0 Å². The predicted octanol–water partition coefficient (Wildman–Crippen LogP) is 1.54. The van der Waals surface area contributed by atoms with E-state index in [4.69, 9.17) is 18.0 Å². The molecule has 2 aromatic heterocycles. The molecule has 0 amide bonds. The van der Waals surface area contributed by atoms with E-state index in [1.165, 1.54) is 0 Å². The van der Waals surface area contributed by atoms with Crippen molar-refractivity contribution < 1.29 is 0 Å². The molecule has 0 unspecified atom stereocenters. The average Bonchev–Trinajstić information content (AvgIpc) is 2.36. The van der Waals surface area contributed by atoms with Crippen molar-refractivity contribution in [1.29, 1.82) is 0 Å². The van der Waals surface area contributed by atoms with Crippen molar-refractivity contribution in [3.05, 3.63) is 63.3 Å². The number of hydrogen-bond donors (Lipinski definition) is 1. The minimum Gasteiger partial charge on any atom is -0.389 e. The molecular formula is C14H15N3OS. The van der Waals surface area contributed by atoms with Crippen molar-refractivity contribution in [2.24, 2.45) is 5.73 Å². The number of nitrogens with zero attached hydrogens (tertiary/aromatic N) is 2. The standard InChI is InChI=1S/C14H15N3OS/c1-9-4-3-7-16-12(9)8-17-10(2)5-6-11(13(15)19)14(17)18/h3-7H,8H2,1-2H3,(H2,15,19). The molecule has 0 saturated heterocycles. The van der Waals surface area contributed by atoms with Gasteiger partial charge in [0.2, 0.25) is 0 Å². The Kier molecular flexibility index (Phi) is 3.76. The SMILES string of the molecule is Cc1cccnc1Cn1c(C)ccc(C(N)=S)c1=O. The van der Waals surface area contributed by atoms with Crippen molar-refractivity contribution in [2.75, 3.05) is 0 Å². The first kappa shape index (κ1) is 13.4. The first-order chi connectivity index (χ1) is 9.00. The van der Waals surface area contributed by atoms with Gasteiger partial charge in [0.15, 0.2) is 0 Å². The third-order valence-electron chi connectivity index (χ3n) is 3.08. The summed E-state index contributed by atoms with van der Waals surface area (Å²) in [6.45, 7) is 4.27. The molecule has 98 valence electrons. The summed E-state index contributed by atoms with van der Waals surface area (Å²) < 4.78 is 1.64. The Morgan fingerprint density at radius 3 is 2.74 bits per heavy atom. The van der Waals surface area contributed by atoms with Crippen LogP contribution in [-0.4, -0.2) is 14.5 Å². The van der Waals surface area contributed by atoms with E-state index in [1.807, 2.05) is 32.0 Å². The zero-order valence-electron chi connectivity index (χ0n) is 10.9. The van der Waals surface area contributed by atoms with Crippen LogP contribution in [0.25, 0.3) is 0 Å². The van der Waals surface area contributed by atoms with Crippen LogP contribution in [-0.2, 0) is 6.54 Å². The van der Waals surface area contributed by atoms with Gasteiger partial charge in [0, 0.05) is 11.9 Å². The van der Waals surface area contributed by atoms with Gasteiger partial charge in [0.25, 0.3) is 5.56 Å². The zero-order valence-corrected chi connectivity index (χ0v) is 11.7. The smallest absolute Gasteiger partial charge is 0.261 e. The minimum atomic E-state index is -0.169. The highest BCUT2D eigenvalue weighted by Gasteiger charge is 2.10. The van der Waals surface area contributed by atoms with E-state index in [9.17, 15) is 4.79 Å². The number of thiocarbonyl (C=S) groups is 1. The monoisotopic (exact) mass is 273 g/mol. The van der Waals surface area contributed by atoms with E-state index in [-0.39, 0.29) is 10.5 Å². The molecule has 0 atom stereocenters. The van der Waals surface area contributed by atoms with E-state index in [2.05, 4.69) is 4.98 Å². The van der Waals surface area contributed by atoms with E-state index in [0.29, 0.717) is 12.1 Å². The molecule has 0 aliphatic rings. The third kappa shape index (κ3) is 2.71. The Bertz CT molecular complexity index is 691. The van der Waals surface area contributed by atoms with Gasteiger partial charge < -0.3 is 10.3 Å². The Balaban J connectivity index is 2.52. The molecule has 4 nitrogen and oxygen atoms in total. The van der Waals surface area contributed by atoms with Gasteiger partial charge in [0.05, 0.1) is 17.8 Å². The van der Waals surface area contributed by atoms with E-state index < -0.39 is 0 Å². The molecule has 0 aromatic carbocycles. The van der Waals surface area contributed by atoms with Gasteiger partial charge in [-0.2, -0.15) is 0 Å². The molecule has 0 saturated carbocycles. The summed E-state index contributed by atoms with van der Waals surface area (Å²) in [5, 5.41) is 0. The van der Waals surface area contributed by atoms with Gasteiger partial charge in [-0.1, -0.05) is 18.3 Å². The van der Waals surface area contributed by atoms with Crippen molar-refractivity contribution in [1.82, 2.24) is 9.55 Å². The summed E-state index contributed by atoms with van der Waals surface area (Å²) in [6.07, 6.45) is 1.72. The maximum atomic E-state index is 12.3. The highest BCUT2D eigenvalue weighted by molar-refractivity contribution is 7.80. The van der Waals surface area contributed by atoms with Crippen LogP contribution in [0.4, 0.5) is 0 Å². The number of pyridine rings is 2. The lowest BCUT2D eigenvalue weighted by Gasteiger charge is -2.12. The molecular weight excluding hydrogens is 258 g/mol. The van der Waals surface area contributed by atoms with Crippen molar-refractivity contribution in [2.45, 2.75) is 20.4 Å². The molecule has 2 rings (SSSR count). The normalized spacial score (nSPS) is 10.4. The van der Waals surface area contributed by atoms with Gasteiger partial charge in [-0.05, 0) is 37.6 Å². The molecule has 0 fully saturated rings. The number of hydrogen-bond acceptors (Lipinski definition) is 3. The predicted molar refractivity (Wildman–Crippen MR) is 79.4 cm³/mol. The molecule has 0 aliphatic heterocycles. The van der Waals surface area contributed by atoms with Crippen LogP contribution in [0.5, 0.6) is 0 Å². The first-order valence-electron chi connectivity index (χ1n) is 5.91. The maximum Gasteiger partial charge on any atom is 0.261 e. The summed E-state index contributed by atoms with van der Waals surface area (Å²) in [5.74, 6) is 0. The van der Waals surface area contributed by atoms with Gasteiger partial charge in [-0.3, -0.25) is 9.78 Å². The molecule has 0 spiro atoms. The average molecular weight is 273 g/mol. The second kappa shape index (κ2) is 5.32. The van der Waals surface area contributed by atoms with Crippen molar-refractivity contribution in [3.63, 3.8) is 0 Å². The topological polar surface area (TPSA) is 60.9 Å². The molecule has 0 bridgehead atoms. The van der Waals surface area contributed by atoms with Crippen molar-refractivity contribution in [3.8, 4) is 0 Å². The summed E-state index contributed by atoms with van der Waals surface area (Å²) in [7, 11) is 0. The number of nitrogens with two attached hydrogens (primary N) is 1. The van der Waals surface area contributed by atoms with Gasteiger partial charge in [-0.25, -0.2) is 0 Å². The molecule has 2 heterocycles. The lowest BCUT2D eigenvalue weighted by molar-refractivity contribution is 0.707. The van der Waals surface area contributed by atoms with Gasteiger partial charge in [-0.15, -0.1) is 0 Å². The maximum absolute atomic E-state index is 12.3. The Hall–Kier alpha value is -2.01. The van der Waals surface area contributed by atoms with Crippen LogP contribution in [0.2, 0.25) is 0 Å². The Morgan fingerprint density at radius 2 is 2.11 bits per heavy atom. The van der Waals surface area contributed by atoms with E-state index in [0.717, 1.165) is 17.0 Å². The summed E-state index contributed by atoms with van der Waals surface area (Å²) in [4.78, 5) is 16.7. The molecule has 0 aliphatic carbocycles. The molecule has 19 heavy (non-hydrogen) atoms. The van der Waals surface area contributed by atoms with Crippen LogP contribution < -0.4 is 11.3 Å². The number of aryl methyl sites for hydroxylation is 2. The lowest BCUT2D eigenvalue weighted by atomic mass is 10.2. The summed E-state index contributed by atoms with van der Waals surface area (Å²) in [6, 6.07) is 7.36. The molecule has 2 aromatic rings. The molecule has 0 radical (unpaired) electrons. The highest BCUT2D eigenvalue weighted by Crippen LogP contribution is 2.07. The van der Waals surface area contributed by atoms with Crippen molar-refractivity contribution >= 4 is 17.2 Å². The minimum absolute atomic E-state index is 0.122. The van der Waals surface area contributed by atoms with Crippen LogP contribution in [0.1, 0.15) is 22.5 Å². The second-order valence-electron chi connectivity index (χ2n) is 4.41.